The highest BCUT2D eigenvalue weighted by Gasteiger charge is 2.22. The fraction of sp³-hybridized carbons (Fsp3) is 0.562. The maximum absolute atomic E-state index is 5.92. The average molecular weight is 275 g/mol. The molecular formula is C16H25N3O. The monoisotopic (exact) mass is 275 g/mol. The van der Waals surface area contributed by atoms with Gasteiger partial charge >= 0.3 is 0 Å². The predicted octanol–water partition coefficient (Wildman–Crippen LogP) is 2.60. The van der Waals surface area contributed by atoms with Gasteiger partial charge in [-0.2, -0.15) is 0 Å². The molecule has 1 aliphatic rings. The summed E-state index contributed by atoms with van der Waals surface area (Å²) in [6, 6.07) is 6.25. The molecule has 0 heterocycles. The van der Waals surface area contributed by atoms with E-state index in [1.54, 1.807) is 0 Å². The minimum absolute atomic E-state index is 0.501. The number of guanidine groups is 1. The van der Waals surface area contributed by atoms with Crippen molar-refractivity contribution in [2.24, 2.45) is 16.6 Å². The van der Waals surface area contributed by atoms with Crippen LogP contribution in [0, 0.1) is 12.8 Å². The first-order valence-electron chi connectivity index (χ1n) is 7.45. The van der Waals surface area contributed by atoms with Crippen molar-refractivity contribution in [1.29, 1.82) is 0 Å². The molecule has 3 N–H and O–H groups in total. The minimum atomic E-state index is 0.501. The third-order valence-electron chi connectivity index (χ3n) is 3.37. The number of hydrogen-bond donors (Lipinski definition) is 2. The lowest BCUT2D eigenvalue weighted by Gasteiger charge is -2.11. The Morgan fingerprint density at radius 3 is 2.95 bits per heavy atom. The molecule has 0 radical (unpaired) electrons. The molecule has 0 unspecified atom stereocenters. The third-order valence-corrected chi connectivity index (χ3v) is 3.37. The normalized spacial score (nSPS) is 15.2. The highest BCUT2D eigenvalue weighted by molar-refractivity contribution is 5.77. The summed E-state index contributed by atoms with van der Waals surface area (Å²) in [6.07, 6.45) is 3.64. The van der Waals surface area contributed by atoms with E-state index in [2.05, 4.69) is 42.4 Å². The van der Waals surface area contributed by atoms with Gasteiger partial charge in [-0.1, -0.05) is 19.1 Å². The van der Waals surface area contributed by atoms with E-state index < -0.39 is 0 Å². The van der Waals surface area contributed by atoms with Crippen LogP contribution in [-0.4, -0.2) is 19.1 Å². The molecule has 0 amide bonds. The van der Waals surface area contributed by atoms with Crippen molar-refractivity contribution in [2.75, 3.05) is 13.2 Å². The number of nitrogens with two attached hydrogens (primary N) is 1. The second-order valence-corrected chi connectivity index (χ2v) is 5.49. The lowest BCUT2D eigenvalue weighted by Crippen LogP contribution is -2.32. The van der Waals surface area contributed by atoms with Crippen molar-refractivity contribution < 1.29 is 4.74 Å². The van der Waals surface area contributed by atoms with Gasteiger partial charge in [0.2, 0.25) is 0 Å². The molecule has 1 saturated carbocycles. The van der Waals surface area contributed by atoms with Crippen LogP contribution in [0.5, 0.6) is 5.75 Å². The highest BCUT2D eigenvalue weighted by Crippen LogP contribution is 2.30. The van der Waals surface area contributed by atoms with Crippen molar-refractivity contribution in [3.05, 3.63) is 29.3 Å². The standard InChI is InChI=1S/C16H25N3O/c1-3-8-18-16(17)19-10-14-7-4-12(2)9-15(14)20-11-13-5-6-13/h4,7,9,13H,3,5-6,8,10-11H2,1-2H3,(H3,17,18,19). The molecule has 1 fully saturated rings. The van der Waals surface area contributed by atoms with Gasteiger partial charge < -0.3 is 15.8 Å². The van der Waals surface area contributed by atoms with Crippen LogP contribution in [0.25, 0.3) is 0 Å². The van der Waals surface area contributed by atoms with Crippen LogP contribution in [0.15, 0.2) is 23.2 Å². The Morgan fingerprint density at radius 2 is 2.25 bits per heavy atom. The molecule has 4 nitrogen and oxygen atoms in total. The van der Waals surface area contributed by atoms with Crippen LogP contribution < -0.4 is 15.8 Å². The lowest BCUT2D eigenvalue weighted by molar-refractivity contribution is 0.296. The molecule has 1 aromatic carbocycles. The number of nitrogens with one attached hydrogen (secondary N) is 1. The van der Waals surface area contributed by atoms with Crippen LogP contribution >= 0.6 is 0 Å². The summed E-state index contributed by atoms with van der Waals surface area (Å²) in [7, 11) is 0. The van der Waals surface area contributed by atoms with Gasteiger partial charge in [-0.05, 0) is 43.7 Å². The van der Waals surface area contributed by atoms with E-state index in [-0.39, 0.29) is 0 Å². The van der Waals surface area contributed by atoms with Crippen LogP contribution in [0.3, 0.4) is 0 Å². The van der Waals surface area contributed by atoms with E-state index in [1.165, 1.54) is 18.4 Å². The van der Waals surface area contributed by atoms with Gasteiger partial charge in [-0.15, -0.1) is 0 Å². The Labute approximate surface area is 121 Å². The van der Waals surface area contributed by atoms with Crippen LogP contribution in [0.2, 0.25) is 0 Å². The van der Waals surface area contributed by atoms with Gasteiger partial charge in [0, 0.05) is 12.1 Å². The van der Waals surface area contributed by atoms with Crippen molar-refractivity contribution in [3.63, 3.8) is 0 Å². The summed E-state index contributed by atoms with van der Waals surface area (Å²) in [5, 5.41) is 3.08. The van der Waals surface area contributed by atoms with Crippen LogP contribution in [-0.2, 0) is 6.54 Å². The zero-order chi connectivity index (χ0) is 14.4. The molecule has 0 spiro atoms. The molecule has 1 aliphatic carbocycles. The number of nitrogens with zero attached hydrogens (tertiary/aromatic N) is 1. The van der Waals surface area contributed by atoms with Crippen molar-refractivity contribution in [3.8, 4) is 5.75 Å². The largest absolute Gasteiger partial charge is 0.493 e. The van der Waals surface area contributed by atoms with Gasteiger partial charge in [-0.3, -0.25) is 0 Å². The van der Waals surface area contributed by atoms with Crippen molar-refractivity contribution >= 4 is 5.96 Å². The molecule has 0 bridgehead atoms. The molecule has 1 aromatic rings. The second-order valence-electron chi connectivity index (χ2n) is 5.49. The first-order valence-corrected chi connectivity index (χ1v) is 7.45. The molecule has 0 aromatic heterocycles. The Balaban J connectivity index is 1.97. The van der Waals surface area contributed by atoms with Gasteiger partial charge in [0.1, 0.15) is 5.75 Å². The Bertz CT molecular complexity index is 467. The second kappa shape index (κ2) is 7.17. The predicted molar refractivity (Wildman–Crippen MR) is 83.0 cm³/mol. The van der Waals surface area contributed by atoms with Crippen molar-refractivity contribution in [1.82, 2.24) is 5.32 Å². The Morgan fingerprint density at radius 1 is 1.45 bits per heavy atom. The number of aliphatic imine (C=N–C) groups is 1. The fourth-order valence-electron chi connectivity index (χ4n) is 1.90. The molecule has 2 rings (SSSR count). The van der Waals surface area contributed by atoms with Crippen LogP contribution in [0.1, 0.15) is 37.3 Å². The van der Waals surface area contributed by atoms with Gasteiger partial charge in [-0.25, -0.2) is 4.99 Å². The lowest BCUT2D eigenvalue weighted by atomic mass is 10.1. The average Bonchev–Trinajstić information content (AvgIpc) is 3.26. The maximum atomic E-state index is 5.92. The third kappa shape index (κ3) is 4.76. The Hall–Kier alpha value is -1.71. The van der Waals surface area contributed by atoms with Crippen molar-refractivity contribution in [2.45, 2.75) is 39.7 Å². The van der Waals surface area contributed by atoms with E-state index >= 15 is 0 Å². The summed E-state index contributed by atoms with van der Waals surface area (Å²) in [6.45, 7) is 6.42. The number of ether oxygens (including phenoxy) is 1. The van der Waals surface area contributed by atoms with E-state index in [4.69, 9.17) is 10.5 Å². The number of rotatable bonds is 7. The summed E-state index contributed by atoms with van der Waals surface area (Å²) in [5.74, 6) is 2.20. The Kier molecular flexibility index (Phi) is 5.27. The van der Waals surface area contributed by atoms with Gasteiger partial charge in [0.05, 0.1) is 13.2 Å². The van der Waals surface area contributed by atoms with Gasteiger partial charge in [0.25, 0.3) is 0 Å². The summed E-state index contributed by atoms with van der Waals surface area (Å²) >= 11 is 0. The maximum Gasteiger partial charge on any atom is 0.188 e. The summed E-state index contributed by atoms with van der Waals surface area (Å²) in [4.78, 5) is 4.37. The minimum Gasteiger partial charge on any atom is -0.493 e. The number of aryl methyl sites for hydroxylation is 1. The van der Waals surface area contributed by atoms with Gasteiger partial charge in [0.15, 0.2) is 5.96 Å². The molecular weight excluding hydrogens is 250 g/mol. The molecule has 0 saturated heterocycles. The number of hydrogen-bond acceptors (Lipinski definition) is 2. The fourth-order valence-corrected chi connectivity index (χ4v) is 1.90. The van der Waals surface area contributed by atoms with E-state index in [0.29, 0.717) is 12.5 Å². The molecule has 0 atom stereocenters. The highest BCUT2D eigenvalue weighted by atomic mass is 16.5. The van der Waals surface area contributed by atoms with Crippen LogP contribution in [0.4, 0.5) is 0 Å². The van der Waals surface area contributed by atoms with E-state index in [9.17, 15) is 0 Å². The topological polar surface area (TPSA) is 59.6 Å². The van der Waals surface area contributed by atoms with E-state index in [1.807, 2.05) is 0 Å². The number of benzene rings is 1. The van der Waals surface area contributed by atoms with E-state index in [0.717, 1.165) is 36.8 Å². The molecule has 110 valence electrons. The first-order chi connectivity index (χ1) is 9.69. The summed E-state index contributed by atoms with van der Waals surface area (Å²) in [5.41, 5.74) is 8.12. The zero-order valence-electron chi connectivity index (χ0n) is 12.5. The SMILES string of the molecule is CCCNC(N)=NCc1ccc(C)cc1OCC1CC1. The first kappa shape index (κ1) is 14.7. The zero-order valence-corrected chi connectivity index (χ0v) is 12.5. The smallest absolute Gasteiger partial charge is 0.188 e. The molecule has 20 heavy (non-hydrogen) atoms. The quantitative estimate of drug-likeness (QED) is 0.594. The summed E-state index contributed by atoms with van der Waals surface area (Å²) < 4.78 is 5.92. The molecule has 4 heteroatoms. The molecule has 0 aliphatic heterocycles.